The van der Waals surface area contributed by atoms with Gasteiger partial charge in [-0.05, 0) is 24.1 Å². The highest BCUT2D eigenvalue weighted by Crippen LogP contribution is 2.30. The first-order chi connectivity index (χ1) is 10.9. The first-order valence-corrected chi connectivity index (χ1v) is 7.04. The molecule has 2 aliphatic rings. The number of piperidine rings is 1. The van der Waals surface area contributed by atoms with Crippen molar-refractivity contribution in [3.63, 3.8) is 0 Å². The summed E-state index contributed by atoms with van der Waals surface area (Å²) in [7, 11) is 0. The van der Waals surface area contributed by atoms with Crippen LogP contribution in [0.4, 0.5) is 4.39 Å². The van der Waals surface area contributed by atoms with Gasteiger partial charge in [-0.25, -0.2) is 4.39 Å². The van der Waals surface area contributed by atoms with Crippen molar-refractivity contribution in [2.24, 2.45) is 0 Å². The zero-order valence-electron chi connectivity index (χ0n) is 12.0. The lowest BCUT2D eigenvalue weighted by molar-refractivity contribution is -0.137. The molecule has 1 aromatic carbocycles. The van der Waals surface area contributed by atoms with Crippen molar-refractivity contribution in [2.75, 3.05) is 0 Å². The van der Waals surface area contributed by atoms with Crippen molar-refractivity contribution in [2.45, 2.75) is 31.8 Å². The molecule has 2 N–H and O–H groups in total. The van der Waals surface area contributed by atoms with E-state index >= 15 is 0 Å². The number of fused-ring (bicyclic) bond motifs is 1. The molecule has 2 heterocycles. The van der Waals surface area contributed by atoms with Crippen molar-refractivity contribution in [3.05, 3.63) is 34.6 Å². The maximum Gasteiger partial charge on any atom is 0.307 e. The first kappa shape index (κ1) is 15.1. The standard InChI is InChI=1S/C15H13FN2O5/c16-10-4-7(5-13(20)21)3-8-9(10)6-18(15(8)23)11-1-2-12(19)17-14(11)22/h3-4,11H,1-2,5-6H2,(H,20,21)(H,17,19,22). The number of rotatable bonds is 3. The minimum absolute atomic E-state index is 0.0698. The molecule has 7 nitrogen and oxygen atoms in total. The summed E-state index contributed by atoms with van der Waals surface area (Å²) in [5.74, 6) is -3.29. The monoisotopic (exact) mass is 320 g/mol. The van der Waals surface area contributed by atoms with Gasteiger partial charge in [0.2, 0.25) is 11.8 Å². The third-order valence-corrected chi connectivity index (χ3v) is 4.02. The summed E-state index contributed by atoms with van der Waals surface area (Å²) in [6, 6.07) is 1.62. The molecule has 120 valence electrons. The van der Waals surface area contributed by atoms with Crippen LogP contribution in [0.5, 0.6) is 0 Å². The second kappa shape index (κ2) is 5.45. The molecule has 0 spiro atoms. The zero-order valence-corrected chi connectivity index (χ0v) is 12.0. The summed E-state index contributed by atoms with van der Waals surface area (Å²) in [6.07, 6.45) is -0.0901. The average Bonchev–Trinajstić information content (AvgIpc) is 2.76. The van der Waals surface area contributed by atoms with Crippen LogP contribution in [0.1, 0.15) is 34.3 Å². The Labute approximate surface area is 130 Å². The van der Waals surface area contributed by atoms with Crippen LogP contribution in [0.15, 0.2) is 12.1 Å². The predicted molar refractivity (Wildman–Crippen MR) is 73.8 cm³/mol. The number of halogens is 1. The van der Waals surface area contributed by atoms with E-state index in [1.807, 2.05) is 0 Å². The van der Waals surface area contributed by atoms with Crippen molar-refractivity contribution < 1.29 is 28.7 Å². The Bertz CT molecular complexity index is 746. The smallest absolute Gasteiger partial charge is 0.307 e. The Kier molecular flexibility index (Phi) is 3.59. The Morgan fingerprint density at radius 2 is 2.09 bits per heavy atom. The SMILES string of the molecule is O=C(O)Cc1cc(F)c2c(c1)C(=O)N(C1CCC(=O)NC1=O)C2. The Balaban J connectivity index is 1.90. The highest BCUT2D eigenvalue weighted by atomic mass is 19.1. The molecule has 1 unspecified atom stereocenters. The number of carboxylic acid groups (broad SMARTS) is 1. The van der Waals surface area contributed by atoms with Crippen LogP contribution in [0.2, 0.25) is 0 Å². The lowest BCUT2D eigenvalue weighted by Gasteiger charge is -2.29. The van der Waals surface area contributed by atoms with E-state index in [2.05, 4.69) is 5.32 Å². The molecule has 0 radical (unpaired) electrons. The topological polar surface area (TPSA) is 104 Å². The van der Waals surface area contributed by atoms with Crippen LogP contribution in [0.3, 0.4) is 0 Å². The van der Waals surface area contributed by atoms with Gasteiger partial charge in [0.25, 0.3) is 5.91 Å². The molecule has 0 aliphatic carbocycles. The molecule has 3 rings (SSSR count). The number of benzene rings is 1. The number of hydrogen-bond acceptors (Lipinski definition) is 4. The van der Waals surface area contributed by atoms with E-state index in [4.69, 9.17) is 5.11 Å². The third kappa shape index (κ3) is 2.67. The number of aliphatic carboxylic acids is 1. The molecule has 3 amide bonds. The molecule has 1 saturated heterocycles. The molecule has 23 heavy (non-hydrogen) atoms. The van der Waals surface area contributed by atoms with Crippen LogP contribution in [0, 0.1) is 5.82 Å². The minimum Gasteiger partial charge on any atom is -0.481 e. The van der Waals surface area contributed by atoms with Crippen molar-refractivity contribution in [1.82, 2.24) is 10.2 Å². The second-order valence-electron chi connectivity index (χ2n) is 5.57. The van der Waals surface area contributed by atoms with E-state index in [1.54, 1.807) is 0 Å². The fraction of sp³-hybridized carbons (Fsp3) is 0.333. The van der Waals surface area contributed by atoms with Gasteiger partial charge in [-0.15, -0.1) is 0 Å². The fourth-order valence-electron chi connectivity index (χ4n) is 2.95. The molecule has 1 aromatic rings. The highest BCUT2D eigenvalue weighted by molar-refractivity contribution is 6.05. The van der Waals surface area contributed by atoms with Gasteiger partial charge in [0.05, 0.1) is 13.0 Å². The number of nitrogens with one attached hydrogen (secondary N) is 1. The number of carboxylic acids is 1. The van der Waals surface area contributed by atoms with E-state index in [0.29, 0.717) is 0 Å². The summed E-state index contributed by atoms with van der Waals surface area (Å²) in [6.45, 7) is -0.0698. The Morgan fingerprint density at radius 3 is 2.74 bits per heavy atom. The van der Waals surface area contributed by atoms with Gasteiger partial charge in [0.1, 0.15) is 11.9 Å². The fourth-order valence-corrected chi connectivity index (χ4v) is 2.95. The van der Waals surface area contributed by atoms with Gasteiger partial charge in [-0.1, -0.05) is 0 Å². The van der Waals surface area contributed by atoms with Crippen LogP contribution >= 0.6 is 0 Å². The molecule has 0 aromatic heterocycles. The quantitative estimate of drug-likeness (QED) is 0.775. The summed E-state index contributed by atoms with van der Waals surface area (Å²) >= 11 is 0. The molecular formula is C15H13FN2O5. The van der Waals surface area contributed by atoms with Gasteiger partial charge in [-0.3, -0.25) is 24.5 Å². The normalized spacial score (nSPS) is 20.5. The van der Waals surface area contributed by atoms with E-state index in [0.717, 1.165) is 6.07 Å². The highest BCUT2D eigenvalue weighted by Gasteiger charge is 2.40. The van der Waals surface area contributed by atoms with Crippen molar-refractivity contribution in [3.8, 4) is 0 Å². The lowest BCUT2D eigenvalue weighted by atomic mass is 10.0. The first-order valence-electron chi connectivity index (χ1n) is 7.04. The Hall–Kier alpha value is -2.77. The van der Waals surface area contributed by atoms with Crippen LogP contribution in [-0.2, 0) is 27.3 Å². The second-order valence-corrected chi connectivity index (χ2v) is 5.57. The maximum absolute atomic E-state index is 14.1. The molecule has 1 atom stereocenters. The maximum atomic E-state index is 14.1. The van der Waals surface area contributed by atoms with Crippen LogP contribution in [-0.4, -0.2) is 39.7 Å². The summed E-state index contributed by atoms with van der Waals surface area (Å²) in [5, 5.41) is 10.9. The number of hydrogen-bond donors (Lipinski definition) is 2. The van der Waals surface area contributed by atoms with Crippen LogP contribution < -0.4 is 5.32 Å². The van der Waals surface area contributed by atoms with Gasteiger partial charge >= 0.3 is 5.97 Å². The minimum atomic E-state index is -1.13. The Morgan fingerprint density at radius 1 is 1.35 bits per heavy atom. The number of amides is 3. The third-order valence-electron chi connectivity index (χ3n) is 4.02. The van der Waals surface area contributed by atoms with Gasteiger partial charge < -0.3 is 10.0 Å². The molecular weight excluding hydrogens is 307 g/mol. The van der Waals surface area contributed by atoms with Crippen LogP contribution in [0.25, 0.3) is 0 Å². The van der Waals surface area contributed by atoms with E-state index in [9.17, 15) is 23.6 Å². The average molecular weight is 320 g/mol. The summed E-state index contributed by atoms with van der Waals surface area (Å²) in [5.41, 5.74) is 0.409. The van der Waals surface area contributed by atoms with E-state index in [-0.39, 0.29) is 36.1 Å². The van der Waals surface area contributed by atoms with E-state index < -0.39 is 42.0 Å². The molecule has 8 heteroatoms. The molecule has 1 fully saturated rings. The number of carbonyl (C=O) groups excluding carboxylic acids is 3. The van der Waals surface area contributed by atoms with Crippen molar-refractivity contribution in [1.29, 1.82) is 0 Å². The van der Waals surface area contributed by atoms with Gasteiger partial charge in [-0.2, -0.15) is 0 Å². The summed E-state index contributed by atoms with van der Waals surface area (Å²) in [4.78, 5) is 47.5. The lowest BCUT2D eigenvalue weighted by Crippen LogP contribution is -2.52. The molecule has 2 aliphatic heterocycles. The number of carbonyl (C=O) groups is 4. The largest absolute Gasteiger partial charge is 0.481 e. The van der Waals surface area contributed by atoms with Crippen molar-refractivity contribution >= 4 is 23.7 Å². The zero-order chi connectivity index (χ0) is 16.7. The van der Waals surface area contributed by atoms with Gasteiger partial charge in [0, 0.05) is 17.5 Å². The predicted octanol–water partition coefficient (Wildman–Crippen LogP) is 0.214. The molecule has 0 bridgehead atoms. The number of nitrogens with zero attached hydrogens (tertiary/aromatic N) is 1. The molecule has 0 saturated carbocycles. The number of imide groups is 1. The summed E-state index contributed by atoms with van der Waals surface area (Å²) < 4.78 is 14.1. The van der Waals surface area contributed by atoms with E-state index in [1.165, 1.54) is 11.0 Å². The van der Waals surface area contributed by atoms with Gasteiger partial charge in [0.15, 0.2) is 0 Å².